The molecule has 0 saturated carbocycles. The first-order valence-electron chi connectivity index (χ1n) is 6.70. The first-order chi connectivity index (χ1) is 9.95. The zero-order valence-corrected chi connectivity index (χ0v) is 12.0. The molecule has 1 heterocycles. The number of halogens is 3. The Hall–Kier alpha value is -1.63. The van der Waals surface area contributed by atoms with Crippen molar-refractivity contribution in [3.8, 4) is 11.5 Å². The van der Waals surface area contributed by atoms with Gasteiger partial charge in [0.05, 0.1) is 25.8 Å². The van der Waals surface area contributed by atoms with Gasteiger partial charge < -0.3 is 19.7 Å². The largest absolute Gasteiger partial charge is 0.497 e. The van der Waals surface area contributed by atoms with Gasteiger partial charge in [-0.1, -0.05) is 0 Å². The third-order valence-electron chi connectivity index (χ3n) is 3.58. The molecule has 1 N–H and O–H groups in total. The SMILES string of the molecule is COc1ccc(OC)c(N2CCNCC(C(F)(F)F)C2)c1. The minimum atomic E-state index is -4.22. The van der Waals surface area contributed by atoms with E-state index in [0.717, 1.165) is 0 Å². The van der Waals surface area contributed by atoms with E-state index in [-0.39, 0.29) is 13.1 Å². The summed E-state index contributed by atoms with van der Waals surface area (Å²) in [4.78, 5) is 1.69. The molecule has 0 amide bonds. The lowest BCUT2D eigenvalue weighted by Crippen LogP contribution is -2.38. The van der Waals surface area contributed by atoms with Gasteiger partial charge in [0.25, 0.3) is 0 Å². The van der Waals surface area contributed by atoms with Gasteiger partial charge in [-0.2, -0.15) is 13.2 Å². The van der Waals surface area contributed by atoms with E-state index in [9.17, 15) is 13.2 Å². The summed E-state index contributed by atoms with van der Waals surface area (Å²) in [5, 5.41) is 2.84. The lowest BCUT2D eigenvalue weighted by Gasteiger charge is -2.28. The number of hydrogen-bond donors (Lipinski definition) is 1. The predicted octanol–water partition coefficient (Wildman–Crippen LogP) is 2.29. The number of alkyl halides is 3. The van der Waals surface area contributed by atoms with Gasteiger partial charge >= 0.3 is 6.18 Å². The highest BCUT2D eigenvalue weighted by Crippen LogP contribution is 2.35. The van der Waals surface area contributed by atoms with Gasteiger partial charge in [0, 0.05) is 32.2 Å². The highest BCUT2D eigenvalue weighted by atomic mass is 19.4. The van der Waals surface area contributed by atoms with E-state index in [1.54, 1.807) is 23.1 Å². The van der Waals surface area contributed by atoms with Crippen molar-refractivity contribution >= 4 is 5.69 Å². The van der Waals surface area contributed by atoms with Crippen LogP contribution in [-0.2, 0) is 0 Å². The molecule has 1 atom stereocenters. The molecule has 1 saturated heterocycles. The Morgan fingerprint density at radius 2 is 2.00 bits per heavy atom. The fourth-order valence-electron chi connectivity index (χ4n) is 2.39. The second-order valence-corrected chi connectivity index (χ2v) is 4.93. The zero-order valence-electron chi connectivity index (χ0n) is 12.0. The smallest absolute Gasteiger partial charge is 0.394 e. The minimum absolute atomic E-state index is 0.0632. The molecular weight excluding hydrogens is 285 g/mol. The molecule has 0 radical (unpaired) electrons. The first-order valence-corrected chi connectivity index (χ1v) is 6.70. The molecule has 2 rings (SSSR count). The van der Waals surface area contributed by atoms with E-state index < -0.39 is 12.1 Å². The van der Waals surface area contributed by atoms with Gasteiger partial charge in [-0.25, -0.2) is 0 Å². The zero-order chi connectivity index (χ0) is 15.5. The van der Waals surface area contributed by atoms with E-state index in [0.29, 0.717) is 30.3 Å². The molecule has 1 aliphatic rings. The van der Waals surface area contributed by atoms with E-state index in [4.69, 9.17) is 9.47 Å². The summed E-state index contributed by atoms with van der Waals surface area (Å²) in [6.45, 7) is 0.815. The highest BCUT2D eigenvalue weighted by molar-refractivity contribution is 5.62. The number of nitrogens with one attached hydrogen (secondary N) is 1. The Morgan fingerprint density at radius 1 is 1.24 bits per heavy atom. The van der Waals surface area contributed by atoms with E-state index >= 15 is 0 Å². The van der Waals surface area contributed by atoms with Crippen molar-refractivity contribution in [3.05, 3.63) is 18.2 Å². The van der Waals surface area contributed by atoms with Gasteiger partial charge in [-0.3, -0.25) is 0 Å². The van der Waals surface area contributed by atoms with Crippen molar-refractivity contribution < 1.29 is 22.6 Å². The average Bonchev–Trinajstić information content (AvgIpc) is 2.72. The molecule has 1 fully saturated rings. The molecule has 0 bridgehead atoms. The van der Waals surface area contributed by atoms with Crippen LogP contribution in [-0.4, -0.2) is 46.6 Å². The topological polar surface area (TPSA) is 33.7 Å². The first kappa shape index (κ1) is 15.8. The maximum Gasteiger partial charge on any atom is 0.394 e. The minimum Gasteiger partial charge on any atom is -0.497 e. The van der Waals surface area contributed by atoms with Gasteiger partial charge in [0.1, 0.15) is 11.5 Å². The van der Waals surface area contributed by atoms with Gasteiger partial charge in [0.15, 0.2) is 0 Å². The molecule has 4 nitrogen and oxygen atoms in total. The van der Waals surface area contributed by atoms with Crippen LogP contribution in [0.4, 0.5) is 18.9 Å². The summed E-state index contributed by atoms with van der Waals surface area (Å²) in [6.07, 6.45) is -4.22. The summed E-state index contributed by atoms with van der Waals surface area (Å²) >= 11 is 0. The molecule has 1 aromatic rings. The summed E-state index contributed by atoms with van der Waals surface area (Å²) in [7, 11) is 3.02. The number of benzene rings is 1. The Kier molecular flexibility index (Phi) is 4.82. The maximum atomic E-state index is 13.0. The number of nitrogens with zero attached hydrogens (tertiary/aromatic N) is 1. The number of anilines is 1. The lowest BCUT2D eigenvalue weighted by atomic mass is 10.1. The fourth-order valence-corrected chi connectivity index (χ4v) is 2.39. The van der Waals surface area contributed by atoms with Crippen molar-refractivity contribution in [1.82, 2.24) is 5.32 Å². The van der Waals surface area contributed by atoms with Crippen LogP contribution in [0, 0.1) is 5.92 Å². The highest BCUT2D eigenvalue weighted by Gasteiger charge is 2.41. The molecule has 7 heteroatoms. The summed E-state index contributed by atoms with van der Waals surface area (Å²) in [6, 6.07) is 5.13. The van der Waals surface area contributed by atoms with Crippen molar-refractivity contribution in [1.29, 1.82) is 0 Å². The third kappa shape index (κ3) is 3.72. The van der Waals surface area contributed by atoms with Crippen molar-refractivity contribution in [2.24, 2.45) is 5.92 Å². The molecule has 1 aromatic carbocycles. The van der Waals surface area contributed by atoms with Crippen LogP contribution < -0.4 is 19.7 Å². The maximum absolute atomic E-state index is 13.0. The van der Waals surface area contributed by atoms with Gasteiger partial charge in [0.2, 0.25) is 0 Å². The van der Waals surface area contributed by atoms with Crippen LogP contribution in [0.15, 0.2) is 18.2 Å². The van der Waals surface area contributed by atoms with Crippen LogP contribution in [0.5, 0.6) is 11.5 Å². The van der Waals surface area contributed by atoms with Gasteiger partial charge in [-0.15, -0.1) is 0 Å². The van der Waals surface area contributed by atoms with Gasteiger partial charge in [-0.05, 0) is 12.1 Å². The molecule has 0 aromatic heterocycles. The van der Waals surface area contributed by atoms with Crippen LogP contribution in [0.25, 0.3) is 0 Å². The van der Waals surface area contributed by atoms with Crippen LogP contribution in [0.3, 0.4) is 0 Å². The molecule has 0 aliphatic carbocycles. The summed E-state index contributed by atoms with van der Waals surface area (Å²) in [5.74, 6) is -0.277. The Balaban J connectivity index is 2.30. The summed E-state index contributed by atoms with van der Waals surface area (Å²) in [5.41, 5.74) is 0.620. The Labute approximate surface area is 121 Å². The molecule has 1 aliphatic heterocycles. The number of rotatable bonds is 3. The quantitative estimate of drug-likeness (QED) is 0.929. The number of methoxy groups -OCH3 is 2. The number of ether oxygens (including phenoxy) is 2. The van der Waals surface area contributed by atoms with Crippen molar-refractivity contribution in [2.75, 3.05) is 45.3 Å². The van der Waals surface area contributed by atoms with Crippen LogP contribution >= 0.6 is 0 Å². The summed E-state index contributed by atoms with van der Waals surface area (Å²) < 4.78 is 49.5. The van der Waals surface area contributed by atoms with Crippen molar-refractivity contribution in [3.63, 3.8) is 0 Å². The molecule has 21 heavy (non-hydrogen) atoms. The second-order valence-electron chi connectivity index (χ2n) is 4.93. The van der Waals surface area contributed by atoms with E-state index in [1.807, 2.05) is 0 Å². The molecule has 0 spiro atoms. The standard InChI is InChI=1S/C14H19F3N2O2/c1-20-11-3-4-13(21-2)12(7-11)19-6-5-18-8-10(9-19)14(15,16)17/h3-4,7,10,18H,5-6,8-9H2,1-2H3. The molecule has 1 unspecified atom stereocenters. The fraction of sp³-hybridized carbons (Fsp3) is 0.571. The second kappa shape index (κ2) is 6.43. The molecule has 118 valence electrons. The average molecular weight is 304 g/mol. The van der Waals surface area contributed by atoms with Crippen molar-refractivity contribution in [2.45, 2.75) is 6.18 Å². The lowest BCUT2D eigenvalue weighted by molar-refractivity contribution is -0.169. The van der Waals surface area contributed by atoms with Crippen LogP contribution in [0.1, 0.15) is 0 Å². The van der Waals surface area contributed by atoms with Crippen LogP contribution in [0.2, 0.25) is 0 Å². The molecular formula is C14H19F3N2O2. The normalized spacial score (nSPS) is 20.0. The van der Waals surface area contributed by atoms with E-state index in [2.05, 4.69) is 5.32 Å². The Bertz CT molecular complexity index is 480. The van der Waals surface area contributed by atoms with E-state index in [1.165, 1.54) is 14.2 Å². The third-order valence-corrected chi connectivity index (χ3v) is 3.58. The monoisotopic (exact) mass is 304 g/mol. The predicted molar refractivity (Wildman–Crippen MR) is 74.2 cm³/mol. The Morgan fingerprint density at radius 3 is 2.62 bits per heavy atom. The number of hydrogen-bond acceptors (Lipinski definition) is 4.